The Hall–Kier alpha value is -3.50. The van der Waals surface area contributed by atoms with E-state index in [1.165, 1.54) is 20.7 Å². The maximum absolute atomic E-state index is 6.53. The highest BCUT2D eigenvalue weighted by molar-refractivity contribution is 7.20. The molecule has 0 bridgehead atoms. The van der Waals surface area contributed by atoms with Crippen LogP contribution < -0.4 is 25.5 Å². The van der Waals surface area contributed by atoms with Gasteiger partial charge in [-0.3, -0.25) is 0 Å². The van der Waals surface area contributed by atoms with Crippen LogP contribution in [0, 0.1) is 0 Å². The number of nitrogens with zero attached hydrogens (tertiary/aromatic N) is 2. The summed E-state index contributed by atoms with van der Waals surface area (Å²) in [7, 11) is -2.65. The predicted molar refractivity (Wildman–Crippen MR) is 138 cm³/mol. The molecule has 0 saturated heterocycles. The van der Waals surface area contributed by atoms with Crippen LogP contribution in [-0.4, -0.2) is 25.0 Å². The van der Waals surface area contributed by atoms with Gasteiger partial charge in [-0.15, -0.1) is 0 Å². The highest BCUT2D eigenvalue weighted by atomic mass is 28.3. The predicted octanol–water partition coefficient (Wildman–Crippen LogP) is 4.31. The number of hydrogen-bond donors (Lipinski definition) is 0. The van der Waals surface area contributed by atoms with Gasteiger partial charge in [0.2, 0.25) is 0 Å². The molecule has 0 aliphatic carbocycles. The van der Waals surface area contributed by atoms with Gasteiger partial charge < -0.3 is 4.74 Å². The second kappa shape index (κ2) is 8.45. The molecule has 1 aliphatic rings. The summed E-state index contributed by atoms with van der Waals surface area (Å²) in [5, 5.41) is 10.2. The van der Waals surface area contributed by atoms with E-state index in [9.17, 15) is 0 Å². The zero-order chi connectivity index (χ0) is 22.9. The molecule has 0 atom stereocenters. The summed E-state index contributed by atoms with van der Waals surface area (Å²) in [6, 6.07) is 39.2. The Bertz CT molecular complexity index is 1180. The van der Waals surface area contributed by atoms with Crippen LogP contribution in [0.4, 0.5) is 5.69 Å². The molecule has 0 fully saturated rings. The molecule has 1 heterocycles. The SMILES string of the molecule is CC(C)(C)[N+]1=Nc2cccc([Si](c3ccccc3)(c3ccccc3)c3ccccc3)c2OC1. The number of rotatable bonds is 4. The molecule has 1 aliphatic heterocycles. The zero-order valence-corrected chi connectivity index (χ0v) is 20.4. The van der Waals surface area contributed by atoms with Crippen LogP contribution in [-0.2, 0) is 0 Å². The molecule has 0 radical (unpaired) electrons. The minimum Gasteiger partial charge on any atom is -0.432 e. The lowest BCUT2D eigenvalue weighted by molar-refractivity contribution is -0.677. The third-order valence-corrected chi connectivity index (χ3v) is 11.2. The van der Waals surface area contributed by atoms with Crippen LogP contribution in [0.25, 0.3) is 0 Å². The van der Waals surface area contributed by atoms with Gasteiger partial charge in [-0.05, 0) is 26.8 Å². The van der Waals surface area contributed by atoms with Crippen molar-refractivity contribution in [3.8, 4) is 5.75 Å². The first-order valence-corrected chi connectivity index (χ1v) is 13.4. The van der Waals surface area contributed by atoms with Gasteiger partial charge in [0, 0.05) is 25.9 Å². The highest BCUT2D eigenvalue weighted by Gasteiger charge is 2.45. The number of fused-ring (bicyclic) bond motifs is 1. The van der Waals surface area contributed by atoms with Crippen molar-refractivity contribution in [2.45, 2.75) is 26.3 Å². The first-order chi connectivity index (χ1) is 16.0. The minimum absolute atomic E-state index is 0.111. The van der Waals surface area contributed by atoms with Gasteiger partial charge in [0.1, 0.15) is 0 Å². The van der Waals surface area contributed by atoms with Crippen molar-refractivity contribution in [2.24, 2.45) is 5.11 Å². The Balaban J connectivity index is 1.88. The van der Waals surface area contributed by atoms with Crippen molar-refractivity contribution >= 4 is 34.5 Å². The zero-order valence-electron chi connectivity index (χ0n) is 19.4. The third-order valence-electron chi connectivity index (χ3n) is 6.35. The first-order valence-electron chi connectivity index (χ1n) is 11.4. The molecule has 5 rings (SSSR count). The van der Waals surface area contributed by atoms with Gasteiger partial charge in [-0.1, -0.05) is 108 Å². The quantitative estimate of drug-likeness (QED) is 0.259. The van der Waals surface area contributed by atoms with Crippen LogP contribution in [0.2, 0.25) is 0 Å². The van der Waals surface area contributed by atoms with Crippen molar-refractivity contribution in [1.29, 1.82) is 0 Å². The number of para-hydroxylation sites is 1. The molecule has 3 nitrogen and oxygen atoms in total. The second-order valence-electron chi connectivity index (χ2n) is 9.45. The van der Waals surface area contributed by atoms with Crippen molar-refractivity contribution in [3.05, 3.63) is 109 Å². The van der Waals surface area contributed by atoms with E-state index in [1.54, 1.807) is 0 Å². The number of ether oxygens (including phenoxy) is 1. The fourth-order valence-electron chi connectivity index (χ4n) is 4.71. The Morgan fingerprint density at radius 1 is 0.667 bits per heavy atom. The molecule has 0 amide bonds. The number of benzene rings is 4. The first kappa shape index (κ1) is 21.3. The average molecular weight is 450 g/mol. The van der Waals surface area contributed by atoms with Crippen molar-refractivity contribution in [2.75, 3.05) is 6.73 Å². The van der Waals surface area contributed by atoms with Crippen LogP contribution in [0.1, 0.15) is 20.8 Å². The second-order valence-corrected chi connectivity index (χ2v) is 13.2. The summed E-state index contributed by atoms with van der Waals surface area (Å²) in [5.74, 6) is 0.904. The van der Waals surface area contributed by atoms with Gasteiger partial charge in [0.25, 0.3) is 0 Å². The van der Waals surface area contributed by atoms with E-state index in [0.29, 0.717) is 6.73 Å². The molecule has 0 aromatic heterocycles. The molecule has 0 unspecified atom stereocenters. The lowest BCUT2D eigenvalue weighted by atomic mass is 10.1. The topological polar surface area (TPSA) is 24.6 Å². The molecule has 33 heavy (non-hydrogen) atoms. The largest absolute Gasteiger partial charge is 0.432 e. The van der Waals surface area contributed by atoms with E-state index < -0.39 is 8.07 Å². The number of hydrogen-bond acceptors (Lipinski definition) is 2. The molecule has 4 heteroatoms. The normalized spacial score (nSPS) is 13.6. The fourth-order valence-corrected chi connectivity index (χ4v) is 9.61. The van der Waals surface area contributed by atoms with E-state index in [2.05, 4.69) is 130 Å². The van der Waals surface area contributed by atoms with E-state index in [1.807, 2.05) is 4.70 Å². The Kier molecular flexibility index (Phi) is 5.47. The lowest BCUT2D eigenvalue weighted by Crippen LogP contribution is -2.75. The van der Waals surface area contributed by atoms with Gasteiger partial charge in [0.15, 0.2) is 25.0 Å². The van der Waals surface area contributed by atoms with Gasteiger partial charge in [-0.2, -0.15) is 0 Å². The maximum atomic E-state index is 6.53. The molecule has 0 spiro atoms. The molecular formula is C29H29N2OSi+. The smallest absolute Gasteiger partial charge is 0.312 e. The molecule has 164 valence electrons. The summed E-state index contributed by atoms with van der Waals surface area (Å²) in [6.45, 7) is 6.92. The van der Waals surface area contributed by atoms with Gasteiger partial charge in [0.05, 0.1) is 0 Å². The van der Waals surface area contributed by atoms with Crippen molar-refractivity contribution in [3.63, 3.8) is 0 Å². The maximum Gasteiger partial charge on any atom is 0.312 e. The molecule has 4 aromatic rings. The Morgan fingerprint density at radius 3 is 1.61 bits per heavy atom. The molecular weight excluding hydrogens is 420 g/mol. The van der Waals surface area contributed by atoms with Crippen molar-refractivity contribution in [1.82, 2.24) is 0 Å². The van der Waals surface area contributed by atoms with E-state index >= 15 is 0 Å². The van der Waals surface area contributed by atoms with E-state index in [4.69, 9.17) is 9.85 Å². The number of azo groups is 2. The molecule has 0 saturated carbocycles. The van der Waals surface area contributed by atoms with E-state index in [-0.39, 0.29) is 5.54 Å². The third kappa shape index (κ3) is 3.70. The Labute approximate surface area is 197 Å². The van der Waals surface area contributed by atoms with Crippen LogP contribution >= 0.6 is 0 Å². The summed E-state index contributed by atoms with van der Waals surface area (Å²) in [4.78, 5) is 0. The van der Waals surface area contributed by atoms with Gasteiger partial charge in [-0.25, -0.2) is 0 Å². The van der Waals surface area contributed by atoms with Crippen LogP contribution in [0.15, 0.2) is 114 Å². The summed E-state index contributed by atoms with van der Waals surface area (Å²) in [5.41, 5.74) is 0.786. The average Bonchev–Trinajstić information content (AvgIpc) is 2.86. The van der Waals surface area contributed by atoms with E-state index in [0.717, 1.165) is 11.4 Å². The van der Waals surface area contributed by atoms with Crippen LogP contribution in [0.5, 0.6) is 5.75 Å². The molecule has 4 aromatic carbocycles. The van der Waals surface area contributed by atoms with Gasteiger partial charge >= 0.3 is 6.73 Å². The molecule has 0 N–H and O–H groups in total. The minimum atomic E-state index is -2.65. The van der Waals surface area contributed by atoms with Crippen LogP contribution in [0.3, 0.4) is 0 Å². The summed E-state index contributed by atoms with van der Waals surface area (Å²) >= 11 is 0. The standard InChI is InChI=1S/C29H29N2OSi/c1-29(2,3)31-22-32-28-26(30-31)20-13-21-27(28)33(23-14-7-4-8-15-23,24-16-9-5-10-17-24)25-18-11-6-12-19-25/h4-21H,22H2,1-3H3/q+1. The Morgan fingerprint density at radius 2 is 1.15 bits per heavy atom. The summed E-state index contributed by atoms with van der Waals surface area (Å²) in [6.07, 6.45) is 0. The summed E-state index contributed by atoms with van der Waals surface area (Å²) < 4.78 is 8.55. The fraction of sp³-hybridized carbons (Fsp3) is 0.172. The monoisotopic (exact) mass is 449 g/mol. The lowest BCUT2D eigenvalue weighted by Gasteiger charge is -2.36. The highest BCUT2D eigenvalue weighted by Crippen LogP contribution is 2.32. The van der Waals surface area contributed by atoms with Crippen molar-refractivity contribution < 1.29 is 9.43 Å².